The van der Waals surface area contributed by atoms with Gasteiger partial charge in [0, 0.05) is 20.1 Å². The normalized spacial score (nSPS) is 14.3. The standard InChI is InChI=1S/C21H24N4O4/c1-13-5-6-16(27-4)15(11-13)24(3)21(26)17-14(2)29-20-18(17)19(22-12-23-20)25-7-9-28-10-8-25/h5-6,11-12H,7-10H2,1-4H3. The zero-order chi connectivity index (χ0) is 20.5. The number of amides is 1. The van der Waals surface area contributed by atoms with Gasteiger partial charge in [-0.15, -0.1) is 0 Å². The molecule has 1 aromatic carbocycles. The van der Waals surface area contributed by atoms with Gasteiger partial charge >= 0.3 is 0 Å². The molecule has 1 amide bonds. The van der Waals surface area contributed by atoms with Gasteiger partial charge in [0.15, 0.2) is 0 Å². The first-order valence-electron chi connectivity index (χ1n) is 9.50. The van der Waals surface area contributed by atoms with Crippen LogP contribution in [0.1, 0.15) is 21.7 Å². The molecule has 0 saturated carbocycles. The number of benzene rings is 1. The Morgan fingerprint density at radius 3 is 2.69 bits per heavy atom. The molecule has 1 aliphatic rings. The molecule has 0 bridgehead atoms. The highest BCUT2D eigenvalue weighted by Gasteiger charge is 2.29. The molecule has 0 aliphatic carbocycles. The van der Waals surface area contributed by atoms with Crippen LogP contribution in [0.4, 0.5) is 11.5 Å². The third-order valence-electron chi connectivity index (χ3n) is 5.17. The molecule has 0 spiro atoms. The zero-order valence-electron chi connectivity index (χ0n) is 17.1. The van der Waals surface area contributed by atoms with Gasteiger partial charge in [0.2, 0.25) is 5.71 Å². The van der Waals surface area contributed by atoms with Gasteiger partial charge in [-0.3, -0.25) is 4.79 Å². The number of hydrogen-bond acceptors (Lipinski definition) is 7. The van der Waals surface area contributed by atoms with Gasteiger partial charge in [-0.2, -0.15) is 0 Å². The van der Waals surface area contributed by atoms with Crippen molar-refractivity contribution in [1.82, 2.24) is 9.97 Å². The number of aromatic nitrogens is 2. The molecule has 8 heteroatoms. The molecular weight excluding hydrogens is 372 g/mol. The molecule has 1 fully saturated rings. The van der Waals surface area contributed by atoms with E-state index in [0.29, 0.717) is 66.0 Å². The first-order chi connectivity index (χ1) is 14.0. The minimum atomic E-state index is -0.200. The van der Waals surface area contributed by atoms with Gasteiger partial charge < -0.3 is 23.7 Å². The van der Waals surface area contributed by atoms with Crippen LogP contribution < -0.4 is 14.5 Å². The van der Waals surface area contributed by atoms with E-state index in [1.165, 1.54) is 6.33 Å². The summed E-state index contributed by atoms with van der Waals surface area (Å²) < 4.78 is 16.7. The lowest BCUT2D eigenvalue weighted by Gasteiger charge is -2.28. The Balaban J connectivity index is 1.82. The molecule has 0 atom stereocenters. The van der Waals surface area contributed by atoms with Crippen LogP contribution in [0.3, 0.4) is 0 Å². The molecule has 0 unspecified atom stereocenters. The van der Waals surface area contributed by atoms with Crippen LogP contribution in [-0.2, 0) is 4.74 Å². The number of furan rings is 1. The minimum Gasteiger partial charge on any atom is -0.495 e. The van der Waals surface area contributed by atoms with E-state index in [0.717, 1.165) is 5.56 Å². The first-order valence-corrected chi connectivity index (χ1v) is 9.50. The summed E-state index contributed by atoms with van der Waals surface area (Å²) in [6, 6.07) is 5.73. The van der Waals surface area contributed by atoms with Crippen molar-refractivity contribution in [3.63, 3.8) is 0 Å². The van der Waals surface area contributed by atoms with E-state index < -0.39 is 0 Å². The van der Waals surface area contributed by atoms with Gasteiger partial charge in [-0.1, -0.05) is 6.07 Å². The molecule has 152 valence electrons. The van der Waals surface area contributed by atoms with Gasteiger partial charge in [0.05, 0.1) is 37.0 Å². The van der Waals surface area contributed by atoms with Crippen LogP contribution in [0, 0.1) is 13.8 Å². The molecule has 3 heterocycles. The lowest BCUT2D eigenvalue weighted by Crippen LogP contribution is -2.37. The van der Waals surface area contributed by atoms with Gasteiger partial charge in [-0.05, 0) is 31.5 Å². The topological polar surface area (TPSA) is 80.9 Å². The van der Waals surface area contributed by atoms with E-state index in [9.17, 15) is 4.79 Å². The molecule has 0 N–H and O–H groups in total. The quantitative estimate of drug-likeness (QED) is 0.671. The van der Waals surface area contributed by atoms with Crippen molar-refractivity contribution in [2.45, 2.75) is 13.8 Å². The van der Waals surface area contributed by atoms with Crippen molar-refractivity contribution in [2.75, 3.05) is 50.3 Å². The molecular formula is C21H24N4O4. The second-order valence-corrected chi connectivity index (χ2v) is 7.05. The number of methoxy groups -OCH3 is 1. The first kappa shape index (κ1) is 19.2. The summed E-state index contributed by atoms with van der Waals surface area (Å²) in [4.78, 5) is 26.0. The fraction of sp³-hybridized carbons (Fsp3) is 0.381. The number of rotatable bonds is 4. The van der Waals surface area contributed by atoms with Crippen molar-refractivity contribution < 1.29 is 18.7 Å². The zero-order valence-corrected chi connectivity index (χ0v) is 17.1. The summed E-state index contributed by atoms with van der Waals surface area (Å²) in [5.74, 6) is 1.64. The smallest absolute Gasteiger partial charge is 0.262 e. The maximum Gasteiger partial charge on any atom is 0.262 e. The van der Waals surface area contributed by atoms with E-state index in [4.69, 9.17) is 13.9 Å². The minimum absolute atomic E-state index is 0.200. The third kappa shape index (κ3) is 3.40. The summed E-state index contributed by atoms with van der Waals surface area (Å²) in [5, 5.41) is 0.635. The Hall–Kier alpha value is -3.13. The highest BCUT2D eigenvalue weighted by molar-refractivity contribution is 6.16. The number of carbonyl (C=O) groups is 1. The number of hydrogen-bond donors (Lipinski definition) is 0. The second-order valence-electron chi connectivity index (χ2n) is 7.05. The van der Waals surface area contributed by atoms with Crippen molar-refractivity contribution in [1.29, 1.82) is 0 Å². The highest BCUT2D eigenvalue weighted by atomic mass is 16.5. The Labute approximate surface area is 169 Å². The predicted molar refractivity (Wildman–Crippen MR) is 110 cm³/mol. The largest absolute Gasteiger partial charge is 0.495 e. The van der Waals surface area contributed by atoms with E-state index >= 15 is 0 Å². The number of aryl methyl sites for hydroxylation is 2. The molecule has 2 aromatic heterocycles. The van der Waals surface area contributed by atoms with Gasteiger partial charge in [0.25, 0.3) is 5.91 Å². The van der Waals surface area contributed by atoms with E-state index in [-0.39, 0.29) is 5.91 Å². The Morgan fingerprint density at radius 2 is 1.97 bits per heavy atom. The van der Waals surface area contributed by atoms with Crippen molar-refractivity contribution >= 4 is 28.5 Å². The molecule has 3 aromatic rings. The van der Waals surface area contributed by atoms with E-state index in [2.05, 4.69) is 14.9 Å². The molecule has 8 nitrogen and oxygen atoms in total. The van der Waals surface area contributed by atoms with Crippen LogP contribution in [0.15, 0.2) is 28.9 Å². The van der Waals surface area contributed by atoms with Crippen LogP contribution in [-0.4, -0.2) is 56.3 Å². The summed E-state index contributed by atoms with van der Waals surface area (Å²) in [6.07, 6.45) is 1.47. The van der Waals surface area contributed by atoms with Crippen LogP contribution in [0.2, 0.25) is 0 Å². The summed E-state index contributed by atoms with van der Waals surface area (Å²) in [5.41, 5.74) is 2.60. The van der Waals surface area contributed by atoms with Crippen LogP contribution in [0.5, 0.6) is 5.75 Å². The van der Waals surface area contributed by atoms with E-state index in [1.54, 1.807) is 26.0 Å². The number of anilines is 2. The van der Waals surface area contributed by atoms with Crippen molar-refractivity contribution in [2.24, 2.45) is 0 Å². The van der Waals surface area contributed by atoms with Crippen molar-refractivity contribution in [3.8, 4) is 5.75 Å². The molecule has 1 saturated heterocycles. The van der Waals surface area contributed by atoms with Gasteiger partial charge in [0.1, 0.15) is 23.7 Å². The third-order valence-corrected chi connectivity index (χ3v) is 5.17. The Kier molecular flexibility index (Phi) is 5.10. The van der Waals surface area contributed by atoms with Crippen molar-refractivity contribution in [3.05, 3.63) is 41.4 Å². The molecule has 1 aliphatic heterocycles. The number of fused-ring (bicyclic) bond motifs is 1. The number of nitrogens with zero attached hydrogens (tertiary/aromatic N) is 4. The lowest BCUT2D eigenvalue weighted by atomic mass is 10.1. The fourth-order valence-electron chi connectivity index (χ4n) is 3.64. The Morgan fingerprint density at radius 1 is 1.21 bits per heavy atom. The average Bonchev–Trinajstić information content (AvgIpc) is 3.09. The SMILES string of the molecule is COc1ccc(C)cc1N(C)C(=O)c1c(C)oc2ncnc(N3CCOCC3)c12. The molecule has 29 heavy (non-hydrogen) atoms. The molecule has 0 radical (unpaired) electrons. The highest BCUT2D eigenvalue weighted by Crippen LogP contribution is 2.35. The second kappa shape index (κ2) is 7.71. The summed E-state index contributed by atoms with van der Waals surface area (Å²) in [7, 11) is 3.32. The monoisotopic (exact) mass is 396 g/mol. The van der Waals surface area contributed by atoms with Crippen LogP contribution in [0.25, 0.3) is 11.1 Å². The maximum atomic E-state index is 13.6. The number of morpholine rings is 1. The lowest BCUT2D eigenvalue weighted by molar-refractivity contribution is 0.0992. The number of carbonyl (C=O) groups excluding carboxylic acids is 1. The van der Waals surface area contributed by atoms with E-state index in [1.807, 2.05) is 25.1 Å². The fourth-order valence-corrected chi connectivity index (χ4v) is 3.64. The summed E-state index contributed by atoms with van der Waals surface area (Å²) in [6.45, 7) is 6.39. The van der Waals surface area contributed by atoms with Gasteiger partial charge in [-0.25, -0.2) is 9.97 Å². The average molecular weight is 396 g/mol. The van der Waals surface area contributed by atoms with Crippen LogP contribution >= 0.6 is 0 Å². The maximum absolute atomic E-state index is 13.6. The summed E-state index contributed by atoms with van der Waals surface area (Å²) >= 11 is 0. The molecule has 4 rings (SSSR count). The predicted octanol–water partition coefficient (Wildman–Crippen LogP) is 2.96. The Bertz CT molecular complexity index is 1060. The number of ether oxygens (including phenoxy) is 2.